The van der Waals surface area contributed by atoms with E-state index < -0.39 is 0 Å². The Labute approximate surface area is 314 Å². The fraction of sp³-hybridized carbons (Fsp3) is 0. The lowest BCUT2D eigenvalue weighted by Gasteiger charge is -2.27. The van der Waals surface area contributed by atoms with E-state index in [-0.39, 0.29) is 0 Å². The van der Waals surface area contributed by atoms with Gasteiger partial charge < -0.3 is 9.32 Å². The first-order valence-corrected chi connectivity index (χ1v) is 18.4. The zero-order valence-electron chi connectivity index (χ0n) is 29.6. The minimum absolute atomic E-state index is 0.868. The molecule has 0 fully saturated rings. The van der Waals surface area contributed by atoms with Crippen molar-refractivity contribution >= 4 is 49.8 Å². The van der Waals surface area contributed by atoms with E-state index in [9.17, 15) is 0 Å². The van der Waals surface area contributed by atoms with Crippen LogP contribution in [0.5, 0.6) is 0 Å². The predicted octanol–water partition coefficient (Wildman–Crippen LogP) is 14.9. The van der Waals surface area contributed by atoms with Gasteiger partial charge in [-0.05, 0) is 98.2 Å². The molecule has 0 atom stereocenters. The molecule has 1 heterocycles. The molecule has 0 spiro atoms. The highest BCUT2D eigenvalue weighted by molar-refractivity contribution is 6.18. The van der Waals surface area contributed by atoms with Crippen LogP contribution in [0.15, 0.2) is 217 Å². The standard InChI is InChI=1S/C52H35NO/c1-3-14-36(15-4-1)38-28-30-43(31-29-38)53(44-23-12-22-42(35-44)41-21-11-20-40(34-41)37-16-5-2-6-17-37)49-33-32-47(46-26-13-19-39-18-7-8-24-45(39)46)52-51(49)48-25-9-10-27-50(48)54-52/h1-35H. The number of fused-ring (bicyclic) bond motifs is 4. The lowest BCUT2D eigenvalue weighted by Crippen LogP contribution is -2.10. The largest absolute Gasteiger partial charge is 0.455 e. The summed E-state index contributed by atoms with van der Waals surface area (Å²) in [6.45, 7) is 0. The fourth-order valence-electron chi connectivity index (χ4n) is 7.86. The van der Waals surface area contributed by atoms with Crippen molar-refractivity contribution in [3.8, 4) is 44.5 Å². The number of para-hydroxylation sites is 1. The Morgan fingerprint density at radius 2 is 0.889 bits per heavy atom. The lowest BCUT2D eigenvalue weighted by molar-refractivity contribution is 0.670. The summed E-state index contributed by atoms with van der Waals surface area (Å²) in [4.78, 5) is 2.39. The molecule has 10 rings (SSSR count). The molecular formula is C52H35NO. The van der Waals surface area contributed by atoms with E-state index in [2.05, 4.69) is 217 Å². The minimum atomic E-state index is 0.868. The van der Waals surface area contributed by atoms with Crippen molar-refractivity contribution in [2.24, 2.45) is 0 Å². The van der Waals surface area contributed by atoms with Gasteiger partial charge in [0.1, 0.15) is 11.2 Å². The SMILES string of the molecule is c1ccc(-c2ccc(N(c3cccc(-c4cccc(-c5ccccc5)c4)c3)c3ccc(-c4cccc5ccccc45)c4oc5ccccc5c34)cc2)cc1. The highest BCUT2D eigenvalue weighted by Gasteiger charge is 2.23. The van der Waals surface area contributed by atoms with Crippen LogP contribution in [0.4, 0.5) is 17.1 Å². The molecule has 0 amide bonds. The zero-order chi connectivity index (χ0) is 35.8. The first-order chi connectivity index (χ1) is 26.8. The zero-order valence-corrected chi connectivity index (χ0v) is 29.6. The monoisotopic (exact) mass is 689 g/mol. The number of nitrogens with zero attached hydrogens (tertiary/aromatic N) is 1. The van der Waals surface area contributed by atoms with Crippen molar-refractivity contribution in [3.63, 3.8) is 0 Å². The van der Waals surface area contributed by atoms with Gasteiger partial charge in [0.25, 0.3) is 0 Å². The Balaban J connectivity index is 1.19. The summed E-state index contributed by atoms with van der Waals surface area (Å²) >= 11 is 0. The highest BCUT2D eigenvalue weighted by Crippen LogP contribution is 2.47. The molecular weight excluding hydrogens is 655 g/mol. The van der Waals surface area contributed by atoms with Crippen LogP contribution in [-0.4, -0.2) is 0 Å². The molecule has 0 saturated heterocycles. The lowest BCUT2D eigenvalue weighted by atomic mass is 9.95. The normalized spacial score (nSPS) is 11.3. The maximum Gasteiger partial charge on any atom is 0.145 e. The van der Waals surface area contributed by atoms with E-state index >= 15 is 0 Å². The van der Waals surface area contributed by atoms with Gasteiger partial charge in [0, 0.05) is 22.3 Å². The number of hydrogen-bond donors (Lipinski definition) is 0. The van der Waals surface area contributed by atoms with Crippen molar-refractivity contribution in [1.29, 1.82) is 0 Å². The van der Waals surface area contributed by atoms with Crippen molar-refractivity contribution in [3.05, 3.63) is 212 Å². The molecule has 0 unspecified atom stereocenters. The second-order valence-electron chi connectivity index (χ2n) is 13.7. The summed E-state index contributed by atoms with van der Waals surface area (Å²) in [5.74, 6) is 0. The quantitative estimate of drug-likeness (QED) is 0.166. The van der Waals surface area contributed by atoms with E-state index in [1.807, 2.05) is 0 Å². The maximum atomic E-state index is 6.85. The van der Waals surface area contributed by atoms with Gasteiger partial charge in [-0.2, -0.15) is 0 Å². The van der Waals surface area contributed by atoms with Gasteiger partial charge in [-0.3, -0.25) is 0 Å². The molecule has 0 bridgehead atoms. The molecule has 0 saturated carbocycles. The highest BCUT2D eigenvalue weighted by atomic mass is 16.3. The van der Waals surface area contributed by atoms with E-state index in [0.29, 0.717) is 0 Å². The minimum Gasteiger partial charge on any atom is -0.455 e. The first-order valence-electron chi connectivity index (χ1n) is 18.4. The van der Waals surface area contributed by atoms with Crippen LogP contribution >= 0.6 is 0 Å². The van der Waals surface area contributed by atoms with Crippen LogP contribution in [0.1, 0.15) is 0 Å². The van der Waals surface area contributed by atoms with Gasteiger partial charge in [0.2, 0.25) is 0 Å². The summed E-state index contributed by atoms with van der Waals surface area (Å²) in [6, 6.07) is 75.8. The number of benzene rings is 9. The molecule has 0 aliphatic carbocycles. The second-order valence-corrected chi connectivity index (χ2v) is 13.7. The number of furan rings is 1. The van der Waals surface area contributed by atoms with E-state index in [0.717, 1.165) is 55.7 Å². The molecule has 0 aliphatic rings. The third-order valence-corrected chi connectivity index (χ3v) is 10.5. The molecule has 0 N–H and O–H groups in total. The van der Waals surface area contributed by atoms with Gasteiger partial charge in [-0.15, -0.1) is 0 Å². The fourth-order valence-corrected chi connectivity index (χ4v) is 7.86. The molecule has 1 aromatic heterocycles. The van der Waals surface area contributed by atoms with Crippen LogP contribution in [0.2, 0.25) is 0 Å². The van der Waals surface area contributed by atoms with Crippen LogP contribution in [0.25, 0.3) is 77.2 Å². The van der Waals surface area contributed by atoms with Gasteiger partial charge in [-0.25, -0.2) is 0 Å². The molecule has 2 nitrogen and oxygen atoms in total. The second kappa shape index (κ2) is 13.4. The van der Waals surface area contributed by atoms with Crippen LogP contribution in [0.3, 0.4) is 0 Å². The first kappa shape index (κ1) is 31.6. The Morgan fingerprint density at radius 1 is 0.333 bits per heavy atom. The Kier molecular flexibility index (Phi) is 7.85. The Morgan fingerprint density at radius 3 is 1.67 bits per heavy atom. The van der Waals surface area contributed by atoms with Crippen molar-refractivity contribution in [2.45, 2.75) is 0 Å². The van der Waals surface area contributed by atoms with E-state index in [4.69, 9.17) is 4.42 Å². The molecule has 0 radical (unpaired) electrons. The van der Waals surface area contributed by atoms with Crippen LogP contribution in [-0.2, 0) is 0 Å². The summed E-state index contributed by atoms with van der Waals surface area (Å²) in [5.41, 5.74) is 14.3. The summed E-state index contributed by atoms with van der Waals surface area (Å²) in [7, 11) is 0. The van der Waals surface area contributed by atoms with Gasteiger partial charge in [-0.1, -0.05) is 164 Å². The molecule has 0 aliphatic heterocycles. The average Bonchev–Trinajstić information content (AvgIpc) is 3.65. The molecule has 2 heteroatoms. The van der Waals surface area contributed by atoms with Crippen molar-refractivity contribution < 1.29 is 4.42 Å². The van der Waals surface area contributed by atoms with Crippen molar-refractivity contribution in [2.75, 3.05) is 4.90 Å². The number of anilines is 3. The van der Waals surface area contributed by atoms with Crippen molar-refractivity contribution in [1.82, 2.24) is 0 Å². The summed E-state index contributed by atoms with van der Waals surface area (Å²) in [6.07, 6.45) is 0. The smallest absolute Gasteiger partial charge is 0.145 e. The van der Waals surface area contributed by atoms with Gasteiger partial charge in [0.05, 0.1) is 11.1 Å². The number of hydrogen-bond acceptors (Lipinski definition) is 2. The van der Waals surface area contributed by atoms with Crippen LogP contribution < -0.4 is 4.90 Å². The third-order valence-electron chi connectivity index (χ3n) is 10.5. The summed E-state index contributed by atoms with van der Waals surface area (Å²) < 4.78 is 6.85. The Bertz CT molecular complexity index is 2920. The Hall–Kier alpha value is -7.16. The molecule has 9 aromatic carbocycles. The van der Waals surface area contributed by atoms with Gasteiger partial charge in [0.15, 0.2) is 0 Å². The van der Waals surface area contributed by atoms with E-state index in [1.165, 1.54) is 38.6 Å². The average molecular weight is 690 g/mol. The third kappa shape index (κ3) is 5.62. The van der Waals surface area contributed by atoms with Crippen LogP contribution in [0, 0.1) is 0 Å². The van der Waals surface area contributed by atoms with E-state index in [1.54, 1.807) is 0 Å². The molecule has 10 aromatic rings. The summed E-state index contributed by atoms with van der Waals surface area (Å²) in [5, 5.41) is 4.58. The number of rotatable bonds is 7. The predicted molar refractivity (Wildman–Crippen MR) is 228 cm³/mol. The maximum absolute atomic E-state index is 6.85. The molecule has 254 valence electrons. The topological polar surface area (TPSA) is 16.4 Å². The molecule has 54 heavy (non-hydrogen) atoms. The van der Waals surface area contributed by atoms with Gasteiger partial charge >= 0.3 is 0 Å².